The van der Waals surface area contributed by atoms with Gasteiger partial charge >= 0.3 is 0 Å². The highest BCUT2D eigenvalue weighted by molar-refractivity contribution is 7.85. The molecule has 1 heterocycles. The molecule has 8 heteroatoms. The number of piperazine rings is 1. The van der Waals surface area contributed by atoms with Crippen molar-refractivity contribution in [1.82, 2.24) is 4.90 Å². The molecule has 1 aromatic carbocycles. The second-order valence-electron chi connectivity index (χ2n) is 8.56. The minimum atomic E-state index is -4.02. The zero-order chi connectivity index (χ0) is 22.8. The Morgan fingerprint density at radius 1 is 1.07 bits per heavy atom. The largest absolute Gasteiger partial charge is 0.319 e. The van der Waals surface area contributed by atoms with Gasteiger partial charge in [-0.05, 0) is 25.5 Å². The van der Waals surface area contributed by atoms with Crippen LogP contribution in [0.15, 0.2) is 29.2 Å². The Hall–Kier alpha value is -1.77. The van der Waals surface area contributed by atoms with E-state index in [2.05, 4.69) is 6.92 Å². The van der Waals surface area contributed by atoms with E-state index in [4.69, 9.17) is 4.55 Å². The first kappa shape index (κ1) is 26.3. The number of carbonyl (C=O) groups is 2. The van der Waals surface area contributed by atoms with Crippen molar-refractivity contribution in [1.29, 1.82) is 0 Å². The SMILES string of the molecule is CCCCCCCCC(=O)N1CC[N+](C)(C)CC1=O.Cc1ccc(S(=O)(=O)O)cc1. The highest BCUT2D eigenvalue weighted by Crippen LogP contribution is 2.12. The summed E-state index contributed by atoms with van der Waals surface area (Å²) >= 11 is 0. The van der Waals surface area contributed by atoms with Crippen molar-refractivity contribution < 1.29 is 27.0 Å². The first-order valence-electron chi connectivity index (χ1n) is 10.7. The Morgan fingerprint density at radius 3 is 2.17 bits per heavy atom. The molecular weight excluding hydrogens is 404 g/mol. The Labute approximate surface area is 181 Å². The number of imide groups is 1. The number of unbranched alkanes of at least 4 members (excludes halogenated alkanes) is 5. The molecule has 7 nitrogen and oxygen atoms in total. The van der Waals surface area contributed by atoms with E-state index < -0.39 is 10.1 Å². The van der Waals surface area contributed by atoms with Gasteiger partial charge in [-0.2, -0.15) is 8.42 Å². The van der Waals surface area contributed by atoms with Gasteiger partial charge in [0.2, 0.25) is 5.91 Å². The molecule has 1 aliphatic rings. The van der Waals surface area contributed by atoms with Crippen LogP contribution in [0.2, 0.25) is 0 Å². The third-order valence-corrected chi connectivity index (χ3v) is 6.03. The van der Waals surface area contributed by atoms with Crippen LogP contribution in [-0.2, 0) is 19.7 Å². The number of nitrogens with zero attached hydrogens (tertiary/aromatic N) is 2. The summed E-state index contributed by atoms with van der Waals surface area (Å²) in [6, 6.07) is 5.99. The van der Waals surface area contributed by atoms with Gasteiger partial charge in [-0.25, -0.2) is 0 Å². The maximum atomic E-state index is 12.0. The highest BCUT2D eigenvalue weighted by Gasteiger charge is 2.34. The number of carbonyl (C=O) groups excluding carboxylic acids is 2. The number of quaternary nitrogens is 1. The molecule has 170 valence electrons. The molecule has 2 rings (SSSR count). The van der Waals surface area contributed by atoms with Crippen molar-refractivity contribution >= 4 is 21.9 Å². The second-order valence-corrected chi connectivity index (χ2v) is 9.98. The summed E-state index contributed by atoms with van der Waals surface area (Å²) in [6.07, 6.45) is 7.56. The van der Waals surface area contributed by atoms with Crippen molar-refractivity contribution in [2.24, 2.45) is 0 Å². The molecule has 1 saturated heterocycles. The molecule has 0 atom stereocenters. The second kappa shape index (κ2) is 12.2. The van der Waals surface area contributed by atoms with Crippen LogP contribution in [0.3, 0.4) is 0 Å². The quantitative estimate of drug-likeness (QED) is 0.379. The Morgan fingerprint density at radius 2 is 1.63 bits per heavy atom. The standard InChI is InChI=1S/C15H29N2O2.C7H8O3S/c1-4-5-6-7-8-9-10-14(18)16-11-12-17(2,3)13-15(16)19;1-6-2-4-7(5-3-6)11(8,9)10/h4-13H2,1-3H3;2-5H,1H3,(H,8,9,10)/q+1;. The van der Waals surface area contributed by atoms with Gasteiger partial charge in [0.05, 0.1) is 32.1 Å². The van der Waals surface area contributed by atoms with E-state index in [-0.39, 0.29) is 16.7 Å². The minimum absolute atomic E-state index is 0.00719. The number of hydrogen-bond acceptors (Lipinski definition) is 4. The molecule has 1 aromatic rings. The van der Waals surface area contributed by atoms with Crippen molar-refractivity contribution in [2.45, 2.75) is 63.7 Å². The number of amides is 2. The number of hydrogen-bond donors (Lipinski definition) is 1. The molecule has 0 bridgehead atoms. The summed E-state index contributed by atoms with van der Waals surface area (Å²) in [5.41, 5.74) is 0.956. The maximum Gasteiger partial charge on any atom is 0.294 e. The lowest BCUT2D eigenvalue weighted by Crippen LogP contribution is -2.59. The fourth-order valence-corrected chi connectivity index (χ4v) is 3.67. The molecule has 30 heavy (non-hydrogen) atoms. The van der Waals surface area contributed by atoms with Gasteiger partial charge in [0, 0.05) is 6.42 Å². The van der Waals surface area contributed by atoms with E-state index in [9.17, 15) is 18.0 Å². The molecular formula is C22H37N2O5S+. The van der Waals surface area contributed by atoms with Gasteiger partial charge in [-0.1, -0.05) is 56.7 Å². The lowest BCUT2D eigenvalue weighted by Gasteiger charge is -2.37. The smallest absolute Gasteiger partial charge is 0.294 e. The number of likely N-dealkylation sites (N-methyl/N-ethyl adjacent to an activating group) is 1. The summed E-state index contributed by atoms with van der Waals surface area (Å²) in [5.74, 6) is 0.0208. The number of benzene rings is 1. The maximum absolute atomic E-state index is 12.0. The van der Waals surface area contributed by atoms with Crippen molar-refractivity contribution in [3.05, 3.63) is 29.8 Å². The van der Waals surface area contributed by atoms with Gasteiger partial charge in [0.25, 0.3) is 16.0 Å². The number of aryl methyl sites for hydroxylation is 1. The summed E-state index contributed by atoms with van der Waals surface area (Å²) in [6.45, 7) is 5.94. The number of rotatable bonds is 8. The Balaban J connectivity index is 0.000000346. The Kier molecular flexibility index (Phi) is 10.7. The minimum Gasteiger partial charge on any atom is -0.319 e. The lowest BCUT2D eigenvalue weighted by atomic mass is 10.1. The normalized spacial score (nSPS) is 16.0. The van der Waals surface area contributed by atoms with E-state index in [0.717, 1.165) is 24.9 Å². The van der Waals surface area contributed by atoms with E-state index >= 15 is 0 Å². The molecule has 0 aliphatic carbocycles. The fourth-order valence-electron chi connectivity index (χ4n) is 3.19. The zero-order valence-electron chi connectivity index (χ0n) is 18.8. The molecule has 0 saturated carbocycles. The third kappa shape index (κ3) is 9.82. The van der Waals surface area contributed by atoms with E-state index in [1.54, 1.807) is 12.1 Å². The van der Waals surface area contributed by atoms with Crippen LogP contribution in [0.25, 0.3) is 0 Å². The van der Waals surface area contributed by atoms with Crippen LogP contribution < -0.4 is 0 Å². The van der Waals surface area contributed by atoms with E-state index in [0.29, 0.717) is 24.0 Å². The van der Waals surface area contributed by atoms with E-state index in [1.165, 1.54) is 42.7 Å². The predicted molar refractivity (Wildman–Crippen MR) is 118 cm³/mol. The Bertz CT molecular complexity index is 788. The van der Waals surface area contributed by atoms with Crippen LogP contribution in [0.1, 0.15) is 57.4 Å². The van der Waals surface area contributed by atoms with Crippen LogP contribution in [0, 0.1) is 6.92 Å². The van der Waals surface area contributed by atoms with Gasteiger partial charge in [0.15, 0.2) is 6.54 Å². The predicted octanol–water partition coefficient (Wildman–Crippen LogP) is 3.42. The average molecular weight is 442 g/mol. The first-order valence-corrected chi connectivity index (χ1v) is 12.1. The molecule has 0 radical (unpaired) electrons. The van der Waals surface area contributed by atoms with Gasteiger partial charge in [0.1, 0.15) is 0 Å². The molecule has 1 N–H and O–H groups in total. The van der Waals surface area contributed by atoms with Crippen molar-refractivity contribution in [3.8, 4) is 0 Å². The molecule has 0 unspecified atom stereocenters. The van der Waals surface area contributed by atoms with Gasteiger partial charge in [-0.3, -0.25) is 19.0 Å². The summed E-state index contributed by atoms with van der Waals surface area (Å²) in [5, 5.41) is 0. The molecule has 0 spiro atoms. The monoisotopic (exact) mass is 441 g/mol. The van der Waals surface area contributed by atoms with Crippen LogP contribution >= 0.6 is 0 Å². The topological polar surface area (TPSA) is 91.8 Å². The summed E-state index contributed by atoms with van der Waals surface area (Å²) in [4.78, 5) is 25.3. The van der Waals surface area contributed by atoms with Crippen molar-refractivity contribution in [3.63, 3.8) is 0 Å². The zero-order valence-corrected chi connectivity index (χ0v) is 19.6. The summed E-state index contributed by atoms with van der Waals surface area (Å²) < 4.78 is 30.2. The average Bonchev–Trinajstić information content (AvgIpc) is 2.64. The molecule has 0 aromatic heterocycles. The van der Waals surface area contributed by atoms with Gasteiger partial charge < -0.3 is 4.48 Å². The van der Waals surface area contributed by atoms with Crippen LogP contribution in [-0.4, -0.2) is 67.9 Å². The van der Waals surface area contributed by atoms with Crippen LogP contribution in [0.4, 0.5) is 0 Å². The summed E-state index contributed by atoms with van der Waals surface area (Å²) in [7, 11) is 0.0507. The first-order chi connectivity index (χ1) is 14.0. The van der Waals surface area contributed by atoms with Crippen LogP contribution in [0.5, 0.6) is 0 Å². The molecule has 1 aliphatic heterocycles. The highest BCUT2D eigenvalue weighted by atomic mass is 32.2. The lowest BCUT2D eigenvalue weighted by molar-refractivity contribution is -0.885. The van der Waals surface area contributed by atoms with Gasteiger partial charge in [-0.15, -0.1) is 0 Å². The third-order valence-electron chi connectivity index (χ3n) is 5.16. The fraction of sp³-hybridized carbons (Fsp3) is 0.636. The van der Waals surface area contributed by atoms with E-state index in [1.807, 2.05) is 21.0 Å². The van der Waals surface area contributed by atoms with Crippen molar-refractivity contribution in [2.75, 3.05) is 33.7 Å². The molecule has 1 fully saturated rings. The molecule has 2 amide bonds.